The first kappa shape index (κ1) is 16.9. The van der Waals surface area contributed by atoms with E-state index in [1.165, 1.54) is 0 Å². The highest BCUT2D eigenvalue weighted by atomic mass is 16.2. The van der Waals surface area contributed by atoms with E-state index >= 15 is 0 Å². The molecule has 0 radical (unpaired) electrons. The highest BCUT2D eigenvalue weighted by Gasteiger charge is 2.15. The molecule has 2 aromatic rings. The standard InChI is InChI=1S/C18H24N4O/c1-4-9-22(10-5-2)17(23)15-12-19-18(20-13-15)21-16-8-6-7-14(3)11-16/h6-8,11-13H,4-5,9-10H2,1-3H3,(H,19,20,21). The fourth-order valence-corrected chi connectivity index (χ4v) is 2.39. The van der Waals surface area contributed by atoms with Crippen LogP contribution >= 0.6 is 0 Å². The summed E-state index contributed by atoms with van der Waals surface area (Å²) in [6.07, 6.45) is 5.07. The zero-order valence-electron chi connectivity index (χ0n) is 14.0. The molecular formula is C18H24N4O. The third-order valence-corrected chi connectivity index (χ3v) is 3.45. The van der Waals surface area contributed by atoms with Crippen molar-refractivity contribution in [2.24, 2.45) is 0 Å². The Labute approximate surface area is 137 Å². The van der Waals surface area contributed by atoms with Crippen molar-refractivity contribution in [3.63, 3.8) is 0 Å². The fraction of sp³-hybridized carbons (Fsp3) is 0.389. The van der Waals surface area contributed by atoms with Gasteiger partial charge in [-0.2, -0.15) is 0 Å². The number of nitrogens with zero attached hydrogens (tertiary/aromatic N) is 3. The number of aromatic nitrogens is 2. The second-order valence-corrected chi connectivity index (χ2v) is 5.58. The van der Waals surface area contributed by atoms with Gasteiger partial charge in [-0.15, -0.1) is 0 Å². The van der Waals surface area contributed by atoms with Gasteiger partial charge in [0.05, 0.1) is 5.56 Å². The zero-order chi connectivity index (χ0) is 16.7. The van der Waals surface area contributed by atoms with Gasteiger partial charge in [0.2, 0.25) is 5.95 Å². The van der Waals surface area contributed by atoms with Crippen LogP contribution < -0.4 is 5.32 Å². The van der Waals surface area contributed by atoms with Gasteiger partial charge in [0.15, 0.2) is 0 Å². The second-order valence-electron chi connectivity index (χ2n) is 5.58. The number of benzene rings is 1. The lowest BCUT2D eigenvalue weighted by atomic mass is 10.2. The minimum atomic E-state index is -0.00388. The van der Waals surface area contributed by atoms with Crippen molar-refractivity contribution in [2.75, 3.05) is 18.4 Å². The van der Waals surface area contributed by atoms with Gasteiger partial charge in [-0.3, -0.25) is 4.79 Å². The lowest BCUT2D eigenvalue weighted by Crippen LogP contribution is -2.32. The van der Waals surface area contributed by atoms with Crippen molar-refractivity contribution in [1.29, 1.82) is 0 Å². The number of aryl methyl sites for hydroxylation is 1. The van der Waals surface area contributed by atoms with Gasteiger partial charge < -0.3 is 10.2 Å². The molecule has 23 heavy (non-hydrogen) atoms. The highest BCUT2D eigenvalue weighted by Crippen LogP contribution is 2.14. The first-order chi connectivity index (χ1) is 11.1. The zero-order valence-corrected chi connectivity index (χ0v) is 14.0. The first-order valence-corrected chi connectivity index (χ1v) is 8.09. The summed E-state index contributed by atoms with van der Waals surface area (Å²) in [6.45, 7) is 7.69. The van der Waals surface area contributed by atoms with Crippen LogP contribution in [0, 0.1) is 6.92 Å². The molecule has 5 heteroatoms. The van der Waals surface area contributed by atoms with Crippen LogP contribution in [0.2, 0.25) is 0 Å². The van der Waals surface area contributed by atoms with Gasteiger partial charge >= 0.3 is 0 Å². The monoisotopic (exact) mass is 312 g/mol. The van der Waals surface area contributed by atoms with Crippen molar-refractivity contribution >= 4 is 17.5 Å². The van der Waals surface area contributed by atoms with Gasteiger partial charge in [0.1, 0.15) is 0 Å². The van der Waals surface area contributed by atoms with Gasteiger partial charge in [0.25, 0.3) is 5.91 Å². The minimum Gasteiger partial charge on any atom is -0.339 e. The number of hydrogen-bond acceptors (Lipinski definition) is 4. The van der Waals surface area contributed by atoms with E-state index in [1.54, 1.807) is 12.4 Å². The lowest BCUT2D eigenvalue weighted by Gasteiger charge is -2.21. The largest absolute Gasteiger partial charge is 0.339 e. The normalized spacial score (nSPS) is 10.4. The topological polar surface area (TPSA) is 58.1 Å². The molecule has 1 amide bonds. The number of carbonyl (C=O) groups is 1. The molecule has 1 N–H and O–H groups in total. The summed E-state index contributed by atoms with van der Waals surface area (Å²) >= 11 is 0. The molecule has 1 heterocycles. The molecule has 1 aromatic heterocycles. The predicted molar refractivity (Wildman–Crippen MR) is 93.0 cm³/mol. The summed E-state index contributed by atoms with van der Waals surface area (Å²) in [5.74, 6) is 0.487. The van der Waals surface area contributed by atoms with E-state index in [0.29, 0.717) is 11.5 Å². The molecule has 0 aliphatic rings. The Balaban J connectivity index is 2.07. The third kappa shape index (κ3) is 4.77. The first-order valence-electron chi connectivity index (χ1n) is 8.09. The summed E-state index contributed by atoms with van der Waals surface area (Å²) in [5.41, 5.74) is 2.63. The van der Waals surface area contributed by atoms with E-state index in [2.05, 4.69) is 29.1 Å². The molecule has 0 atom stereocenters. The van der Waals surface area contributed by atoms with Crippen LogP contribution in [0.4, 0.5) is 11.6 Å². The molecule has 0 spiro atoms. The van der Waals surface area contributed by atoms with Crippen LogP contribution in [0.3, 0.4) is 0 Å². The molecule has 122 valence electrons. The van der Waals surface area contributed by atoms with E-state index in [-0.39, 0.29) is 5.91 Å². The SMILES string of the molecule is CCCN(CCC)C(=O)c1cnc(Nc2cccc(C)c2)nc1. The average Bonchev–Trinajstić information content (AvgIpc) is 2.55. The Kier molecular flexibility index (Phi) is 6.09. The van der Waals surface area contributed by atoms with Crippen molar-refractivity contribution in [1.82, 2.24) is 14.9 Å². The summed E-state index contributed by atoms with van der Waals surface area (Å²) in [5, 5.41) is 3.14. The average molecular weight is 312 g/mol. The molecule has 0 saturated heterocycles. The third-order valence-electron chi connectivity index (χ3n) is 3.45. The van der Waals surface area contributed by atoms with E-state index in [0.717, 1.165) is 37.2 Å². The summed E-state index contributed by atoms with van der Waals surface area (Å²) in [6, 6.07) is 7.99. The molecule has 0 aliphatic heterocycles. The Morgan fingerprint density at radius 3 is 2.35 bits per heavy atom. The number of hydrogen-bond donors (Lipinski definition) is 1. The van der Waals surface area contributed by atoms with Crippen LogP contribution in [0.1, 0.15) is 42.6 Å². The maximum atomic E-state index is 12.5. The smallest absolute Gasteiger partial charge is 0.256 e. The Hall–Kier alpha value is -2.43. The van der Waals surface area contributed by atoms with Gasteiger partial charge in [-0.1, -0.05) is 26.0 Å². The van der Waals surface area contributed by atoms with Gasteiger partial charge in [-0.25, -0.2) is 9.97 Å². The maximum Gasteiger partial charge on any atom is 0.256 e. The number of amides is 1. The molecule has 0 saturated carbocycles. The van der Waals surface area contributed by atoms with Crippen molar-refractivity contribution in [3.05, 3.63) is 47.8 Å². The quantitative estimate of drug-likeness (QED) is 0.845. The lowest BCUT2D eigenvalue weighted by molar-refractivity contribution is 0.0755. The van der Waals surface area contributed by atoms with E-state index in [1.807, 2.05) is 36.1 Å². The molecule has 0 bridgehead atoms. The number of anilines is 2. The Morgan fingerprint density at radius 2 is 1.78 bits per heavy atom. The summed E-state index contributed by atoms with van der Waals surface area (Å²) < 4.78 is 0. The van der Waals surface area contributed by atoms with E-state index in [4.69, 9.17) is 0 Å². The number of carbonyl (C=O) groups excluding carboxylic acids is 1. The van der Waals surface area contributed by atoms with Crippen molar-refractivity contribution in [3.8, 4) is 0 Å². The second kappa shape index (κ2) is 8.27. The molecule has 0 fully saturated rings. The van der Waals surface area contributed by atoms with Crippen LogP contribution in [-0.2, 0) is 0 Å². The minimum absolute atomic E-state index is 0.00388. The van der Waals surface area contributed by atoms with Crippen LogP contribution in [0.25, 0.3) is 0 Å². The summed E-state index contributed by atoms with van der Waals surface area (Å²) in [7, 11) is 0. The molecule has 0 aliphatic carbocycles. The maximum absolute atomic E-state index is 12.5. The summed E-state index contributed by atoms with van der Waals surface area (Å²) in [4.78, 5) is 22.8. The van der Waals surface area contributed by atoms with Crippen molar-refractivity contribution < 1.29 is 4.79 Å². The van der Waals surface area contributed by atoms with Crippen LogP contribution in [0.15, 0.2) is 36.7 Å². The van der Waals surface area contributed by atoms with Crippen LogP contribution in [0.5, 0.6) is 0 Å². The van der Waals surface area contributed by atoms with E-state index in [9.17, 15) is 4.79 Å². The Morgan fingerprint density at radius 1 is 1.13 bits per heavy atom. The molecule has 2 rings (SSSR count). The molecular weight excluding hydrogens is 288 g/mol. The molecule has 0 unspecified atom stereocenters. The van der Waals surface area contributed by atoms with Crippen LogP contribution in [-0.4, -0.2) is 33.9 Å². The predicted octanol–water partition coefficient (Wildman–Crippen LogP) is 3.79. The van der Waals surface area contributed by atoms with Crippen molar-refractivity contribution in [2.45, 2.75) is 33.6 Å². The van der Waals surface area contributed by atoms with Gasteiger partial charge in [0, 0.05) is 31.2 Å². The number of nitrogens with one attached hydrogen (secondary N) is 1. The molecule has 1 aromatic carbocycles. The highest BCUT2D eigenvalue weighted by molar-refractivity contribution is 5.93. The van der Waals surface area contributed by atoms with E-state index < -0.39 is 0 Å². The molecule has 5 nitrogen and oxygen atoms in total. The number of rotatable bonds is 7. The van der Waals surface area contributed by atoms with Gasteiger partial charge in [-0.05, 0) is 37.5 Å². The Bertz CT molecular complexity index is 634. The fourth-order valence-electron chi connectivity index (χ4n) is 2.39.